The van der Waals surface area contributed by atoms with E-state index in [2.05, 4.69) is 11.1 Å². The molecule has 1 amide bonds. The Labute approximate surface area is 164 Å². The van der Waals surface area contributed by atoms with Gasteiger partial charge in [-0.1, -0.05) is 6.07 Å². The second-order valence-corrected chi connectivity index (χ2v) is 7.58. The van der Waals surface area contributed by atoms with Gasteiger partial charge < -0.3 is 14.7 Å². The number of likely N-dealkylation sites (tertiary alicyclic amines) is 1. The van der Waals surface area contributed by atoms with E-state index in [1.807, 2.05) is 23.1 Å². The molecule has 0 bridgehead atoms. The molecule has 0 spiro atoms. The van der Waals surface area contributed by atoms with Gasteiger partial charge >= 0.3 is 5.97 Å². The van der Waals surface area contributed by atoms with E-state index in [4.69, 9.17) is 9.84 Å². The lowest BCUT2D eigenvalue weighted by atomic mass is 9.93. The quantitative estimate of drug-likeness (QED) is 0.860. The molecule has 0 aliphatic carbocycles. The highest BCUT2D eigenvalue weighted by atomic mass is 16.5. The number of hydrogen-bond acceptors (Lipinski definition) is 4. The summed E-state index contributed by atoms with van der Waals surface area (Å²) in [5, 5.41) is 8.90. The molecule has 4 rings (SSSR count). The molecule has 1 fully saturated rings. The Morgan fingerprint density at radius 3 is 2.96 bits per heavy atom. The topological polar surface area (TPSA) is 79.7 Å². The molecule has 2 aliphatic rings. The van der Waals surface area contributed by atoms with Crippen molar-refractivity contribution in [3.8, 4) is 16.9 Å². The molecular formula is C22H24N2O4. The van der Waals surface area contributed by atoms with E-state index in [-0.39, 0.29) is 18.2 Å². The minimum Gasteiger partial charge on any atom is -0.493 e. The second kappa shape index (κ2) is 8.00. The van der Waals surface area contributed by atoms with Gasteiger partial charge in [-0.15, -0.1) is 0 Å². The number of aliphatic carboxylic acids is 1. The van der Waals surface area contributed by atoms with E-state index >= 15 is 0 Å². The smallest absolute Gasteiger partial charge is 0.303 e. The lowest BCUT2D eigenvalue weighted by Crippen LogP contribution is -2.40. The number of nitrogens with zero attached hydrogens (tertiary/aromatic N) is 2. The van der Waals surface area contributed by atoms with Crippen LogP contribution in [0.25, 0.3) is 11.1 Å². The van der Waals surface area contributed by atoms with Crippen molar-refractivity contribution in [3.05, 3.63) is 47.8 Å². The van der Waals surface area contributed by atoms with Crippen LogP contribution in [0, 0.1) is 5.92 Å². The van der Waals surface area contributed by atoms with Gasteiger partial charge in [-0.2, -0.15) is 0 Å². The number of fused-ring (bicyclic) bond motifs is 1. The van der Waals surface area contributed by atoms with Gasteiger partial charge in [0.05, 0.1) is 12.2 Å². The molecule has 0 saturated carbocycles. The molecule has 0 radical (unpaired) electrons. The van der Waals surface area contributed by atoms with Crippen LogP contribution in [0.2, 0.25) is 0 Å². The standard InChI is InChI=1S/C22H24N2O4/c25-21(26)6-3-15-2-1-8-24(14-15)22(27)19-11-18(12-23-13-19)16-4-5-20-17(10-16)7-9-28-20/h4-5,10-13,15H,1-3,6-9,14H2,(H,25,26). The summed E-state index contributed by atoms with van der Waals surface area (Å²) in [7, 11) is 0. The summed E-state index contributed by atoms with van der Waals surface area (Å²) in [5.41, 5.74) is 3.71. The van der Waals surface area contributed by atoms with E-state index in [9.17, 15) is 9.59 Å². The number of pyridine rings is 1. The molecule has 28 heavy (non-hydrogen) atoms. The Morgan fingerprint density at radius 1 is 1.21 bits per heavy atom. The normalized spacial score (nSPS) is 18.4. The number of amides is 1. The predicted octanol–water partition coefficient (Wildman–Crippen LogP) is 3.40. The average Bonchev–Trinajstić information content (AvgIpc) is 3.20. The number of carboxylic acids is 1. The van der Waals surface area contributed by atoms with Crippen LogP contribution in [-0.2, 0) is 11.2 Å². The minimum atomic E-state index is -0.778. The van der Waals surface area contributed by atoms with Gasteiger partial charge in [0.15, 0.2) is 0 Å². The fourth-order valence-corrected chi connectivity index (χ4v) is 4.08. The van der Waals surface area contributed by atoms with Crippen molar-refractivity contribution in [2.75, 3.05) is 19.7 Å². The van der Waals surface area contributed by atoms with Crippen LogP contribution in [0.3, 0.4) is 0 Å². The van der Waals surface area contributed by atoms with Gasteiger partial charge in [0.1, 0.15) is 5.75 Å². The van der Waals surface area contributed by atoms with Crippen molar-refractivity contribution in [1.29, 1.82) is 0 Å². The Balaban J connectivity index is 1.49. The Hall–Kier alpha value is -2.89. The maximum absolute atomic E-state index is 13.0. The zero-order valence-corrected chi connectivity index (χ0v) is 15.8. The maximum Gasteiger partial charge on any atom is 0.303 e. The number of carbonyl (C=O) groups excluding carboxylic acids is 1. The number of carboxylic acid groups (broad SMARTS) is 1. The largest absolute Gasteiger partial charge is 0.493 e. The first-order chi connectivity index (χ1) is 13.6. The van der Waals surface area contributed by atoms with Crippen LogP contribution in [0.5, 0.6) is 5.75 Å². The minimum absolute atomic E-state index is 0.0288. The first-order valence-electron chi connectivity index (χ1n) is 9.82. The molecule has 6 nitrogen and oxygen atoms in total. The van der Waals surface area contributed by atoms with Crippen molar-refractivity contribution < 1.29 is 19.4 Å². The van der Waals surface area contributed by atoms with Gasteiger partial charge in [0.2, 0.25) is 0 Å². The van der Waals surface area contributed by atoms with Gasteiger partial charge in [0.25, 0.3) is 5.91 Å². The predicted molar refractivity (Wildman–Crippen MR) is 104 cm³/mol. The monoisotopic (exact) mass is 380 g/mol. The highest BCUT2D eigenvalue weighted by Gasteiger charge is 2.25. The molecule has 1 aromatic carbocycles. The van der Waals surface area contributed by atoms with E-state index in [1.54, 1.807) is 12.4 Å². The Kier molecular flexibility index (Phi) is 5.28. The van der Waals surface area contributed by atoms with E-state index in [1.165, 1.54) is 5.56 Å². The number of piperidine rings is 1. The molecule has 1 unspecified atom stereocenters. The van der Waals surface area contributed by atoms with Gasteiger partial charge in [-0.3, -0.25) is 14.6 Å². The molecule has 1 N–H and O–H groups in total. The van der Waals surface area contributed by atoms with Crippen LogP contribution in [0.4, 0.5) is 0 Å². The van der Waals surface area contributed by atoms with Crippen LogP contribution >= 0.6 is 0 Å². The van der Waals surface area contributed by atoms with Crippen molar-refractivity contribution in [1.82, 2.24) is 9.88 Å². The first-order valence-corrected chi connectivity index (χ1v) is 9.82. The molecular weight excluding hydrogens is 356 g/mol. The fourth-order valence-electron chi connectivity index (χ4n) is 4.08. The van der Waals surface area contributed by atoms with E-state index in [0.717, 1.165) is 36.1 Å². The van der Waals surface area contributed by atoms with Crippen LogP contribution < -0.4 is 4.74 Å². The first kappa shape index (κ1) is 18.5. The number of carbonyl (C=O) groups is 2. The molecule has 2 aromatic rings. The number of hydrogen-bond donors (Lipinski definition) is 1. The third-order valence-corrected chi connectivity index (χ3v) is 5.58. The number of benzene rings is 1. The zero-order valence-electron chi connectivity index (χ0n) is 15.8. The molecule has 1 atom stereocenters. The third-order valence-electron chi connectivity index (χ3n) is 5.58. The summed E-state index contributed by atoms with van der Waals surface area (Å²) < 4.78 is 5.56. The van der Waals surface area contributed by atoms with E-state index in [0.29, 0.717) is 31.7 Å². The number of rotatable bonds is 5. The van der Waals surface area contributed by atoms with Crippen LogP contribution in [0.15, 0.2) is 36.7 Å². The zero-order chi connectivity index (χ0) is 19.5. The SMILES string of the molecule is O=C(O)CCC1CCCN(C(=O)c2cncc(-c3ccc4c(c3)CCO4)c2)C1. The van der Waals surface area contributed by atoms with Gasteiger partial charge in [-0.25, -0.2) is 0 Å². The summed E-state index contributed by atoms with van der Waals surface area (Å²) in [6.07, 6.45) is 6.96. The Bertz CT molecular complexity index is 896. The summed E-state index contributed by atoms with van der Waals surface area (Å²) in [6.45, 7) is 2.04. The van der Waals surface area contributed by atoms with E-state index < -0.39 is 5.97 Å². The molecule has 6 heteroatoms. The van der Waals surface area contributed by atoms with Gasteiger partial charge in [-0.05, 0) is 54.5 Å². The molecule has 1 aromatic heterocycles. The lowest BCUT2D eigenvalue weighted by Gasteiger charge is -2.32. The molecule has 3 heterocycles. The van der Waals surface area contributed by atoms with Crippen molar-refractivity contribution in [2.45, 2.75) is 32.1 Å². The average molecular weight is 380 g/mol. The van der Waals surface area contributed by atoms with Crippen LogP contribution in [0.1, 0.15) is 41.6 Å². The molecule has 2 aliphatic heterocycles. The molecule has 146 valence electrons. The van der Waals surface area contributed by atoms with Gasteiger partial charge in [0, 0.05) is 43.9 Å². The summed E-state index contributed by atoms with van der Waals surface area (Å²) in [6, 6.07) is 7.98. The number of ether oxygens (including phenoxy) is 1. The van der Waals surface area contributed by atoms with Crippen molar-refractivity contribution >= 4 is 11.9 Å². The summed E-state index contributed by atoms with van der Waals surface area (Å²) >= 11 is 0. The second-order valence-electron chi connectivity index (χ2n) is 7.58. The number of aromatic nitrogens is 1. The Morgan fingerprint density at radius 2 is 2.11 bits per heavy atom. The highest BCUT2D eigenvalue weighted by Crippen LogP contribution is 2.31. The van der Waals surface area contributed by atoms with Crippen molar-refractivity contribution in [2.24, 2.45) is 5.92 Å². The summed E-state index contributed by atoms with van der Waals surface area (Å²) in [4.78, 5) is 30.0. The van der Waals surface area contributed by atoms with Crippen LogP contribution in [-0.4, -0.2) is 46.6 Å². The lowest BCUT2D eigenvalue weighted by molar-refractivity contribution is -0.137. The maximum atomic E-state index is 13.0. The summed E-state index contributed by atoms with van der Waals surface area (Å²) in [5.74, 6) is 0.380. The highest BCUT2D eigenvalue weighted by molar-refractivity contribution is 5.95. The van der Waals surface area contributed by atoms with Crippen molar-refractivity contribution in [3.63, 3.8) is 0 Å². The molecule has 1 saturated heterocycles. The third kappa shape index (κ3) is 4.01. The fraction of sp³-hybridized carbons (Fsp3) is 0.409.